The fourth-order valence-electron chi connectivity index (χ4n) is 3.52. The van der Waals surface area contributed by atoms with Gasteiger partial charge in [-0.25, -0.2) is 9.78 Å². The van der Waals surface area contributed by atoms with Crippen LogP contribution in [0.3, 0.4) is 0 Å². The summed E-state index contributed by atoms with van der Waals surface area (Å²) < 4.78 is 34.2. The molecule has 0 saturated heterocycles. The van der Waals surface area contributed by atoms with Crippen LogP contribution in [0.5, 0.6) is 5.75 Å². The molecule has 8 nitrogen and oxygen atoms in total. The number of ether oxygens (including phenoxy) is 1. The smallest absolute Gasteiger partial charge is 0.337 e. The molecule has 10 heteroatoms. The Morgan fingerprint density at radius 1 is 1.19 bits per heavy atom. The van der Waals surface area contributed by atoms with E-state index in [-0.39, 0.29) is 16.5 Å². The van der Waals surface area contributed by atoms with E-state index in [1.165, 1.54) is 6.07 Å². The Morgan fingerprint density at radius 2 is 1.94 bits per heavy atom. The number of aromatic carboxylic acids is 1. The Labute approximate surface area is 184 Å². The molecule has 2 heterocycles. The van der Waals surface area contributed by atoms with Gasteiger partial charge >= 0.3 is 5.97 Å². The summed E-state index contributed by atoms with van der Waals surface area (Å²) in [7, 11) is -3.84. The van der Waals surface area contributed by atoms with Gasteiger partial charge < -0.3 is 9.84 Å². The third-order valence-corrected chi connectivity index (χ3v) is 7.75. The van der Waals surface area contributed by atoms with Gasteiger partial charge in [-0.15, -0.1) is 11.3 Å². The summed E-state index contributed by atoms with van der Waals surface area (Å²) in [5.74, 6) is -0.635. The van der Waals surface area contributed by atoms with Crippen molar-refractivity contribution < 1.29 is 23.1 Å². The van der Waals surface area contributed by atoms with E-state index >= 15 is 0 Å². The second kappa shape index (κ2) is 8.27. The van der Waals surface area contributed by atoms with E-state index in [9.17, 15) is 13.2 Å². The standard InChI is InChI=1S/C21H21N3O5S2/c1-12-11-30-21(22-12)31(27,28)24-18-8-14-4-3-5-15(14)9-19(18)29-10-16-6-7-17(20(25)26)13(2)23-16/h6-9,11,24H,3-5,10H2,1-2H3,(H,25,26). The number of carboxylic acid groups (broad SMARTS) is 1. The lowest BCUT2D eigenvalue weighted by Gasteiger charge is -2.15. The topological polar surface area (TPSA) is 118 Å². The zero-order valence-corrected chi connectivity index (χ0v) is 18.6. The highest BCUT2D eigenvalue weighted by Crippen LogP contribution is 2.35. The van der Waals surface area contributed by atoms with Crippen molar-refractivity contribution in [1.29, 1.82) is 0 Å². The molecule has 2 N–H and O–H groups in total. The molecule has 0 atom stereocenters. The normalized spacial score (nSPS) is 13.1. The van der Waals surface area contributed by atoms with Gasteiger partial charge in [-0.2, -0.15) is 8.42 Å². The highest BCUT2D eigenvalue weighted by Gasteiger charge is 2.23. The van der Waals surface area contributed by atoms with Crippen molar-refractivity contribution >= 4 is 33.0 Å². The third kappa shape index (κ3) is 4.54. The lowest BCUT2D eigenvalue weighted by atomic mass is 10.1. The monoisotopic (exact) mass is 459 g/mol. The van der Waals surface area contributed by atoms with Gasteiger partial charge in [0.15, 0.2) is 0 Å². The first kappa shape index (κ1) is 21.3. The highest BCUT2D eigenvalue weighted by molar-refractivity contribution is 7.94. The first-order valence-corrected chi connectivity index (χ1v) is 12.0. The molecule has 4 rings (SSSR count). The molecule has 0 radical (unpaired) electrons. The van der Waals surface area contributed by atoms with E-state index in [2.05, 4.69) is 14.7 Å². The number of benzene rings is 1. The molecule has 0 bridgehead atoms. The largest absolute Gasteiger partial charge is 0.485 e. The summed E-state index contributed by atoms with van der Waals surface area (Å²) in [5.41, 5.74) is 4.30. The van der Waals surface area contributed by atoms with Gasteiger partial charge in [0, 0.05) is 11.1 Å². The van der Waals surface area contributed by atoms with Gasteiger partial charge in [0.2, 0.25) is 4.34 Å². The first-order chi connectivity index (χ1) is 14.7. The fourth-order valence-corrected chi connectivity index (χ4v) is 5.61. The number of sulfonamides is 1. The van der Waals surface area contributed by atoms with Crippen LogP contribution in [-0.2, 0) is 29.5 Å². The molecule has 1 aliphatic carbocycles. The minimum Gasteiger partial charge on any atom is -0.485 e. The highest BCUT2D eigenvalue weighted by atomic mass is 32.2. The molecule has 0 aliphatic heterocycles. The van der Waals surface area contributed by atoms with Crippen LogP contribution >= 0.6 is 11.3 Å². The molecule has 1 aromatic carbocycles. The number of carboxylic acids is 1. The second-order valence-electron chi connectivity index (χ2n) is 7.36. The van der Waals surface area contributed by atoms with Crippen molar-refractivity contribution in [3.8, 4) is 5.75 Å². The van der Waals surface area contributed by atoms with Gasteiger partial charge in [-0.1, -0.05) is 0 Å². The summed E-state index contributed by atoms with van der Waals surface area (Å²) in [6.45, 7) is 3.44. The predicted octanol–water partition coefficient (Wildman–Crippen LogP) is 3.72. The summed E-state index contributed by atoms with van der Waals surface area (Å²) >= 11 is 1.06. The Hall–Kier alpha value is -2.98. The van der Waals surface area contributed by atoms with Gasteiger partial charge in [0.05, 0.1) is 22.6 Å². The number of carbonyl (C=O) groups is 1. The molecule has 1 aliphatic rings. The fraction of sp³-hybridized carbons (Fsp3) is 0.286. The number of nitrogens with one attached hydrogen (secondary N) is 1. The predicted molar refractivity (Wildman–Crippen MR) is 116 cm³/mol. The van der Waals surface area contributed by atoms with Gasteiger partial charge in [-0.05, 0) is 68.5 Å². The van der Waals surface area contributed by atoms with E-state index in [0.29, 0.717) is 28.5 Å². The van der Waals surface area contributed by atoms with Crippen LogP contribution < -0.4 is 9.46 Å². The molecule has 0 saturated carbocycles. The molecule has 3 aromatic rings. The van der Waals surface area contributed by atoms with Gasteiger partial charge in [0.25, 0.3) is 10.0 Å². The number of aromatic nitrogens is 2. The van der Waals surface area contributed by atoms with Crippen LogP contribution in [0.15, 0.2) is 34.0 Å². The molecule has 162 valence electrons. The summed E-state index contributed by atoms with van der Waals surface area (Å²) in [4.78, 5) is 19.5. The van der Waals surface area contributed by atoms with Crippen molar-refractivity contribution in [3.63, 3.8) is 0 Å². The van der Waals surface area contributed by atoms with E-state index in [4.69, 9.17) is 9.84 Å². The minimum atomic E-state index is -3.84. The van der Waals surface area contributed by atoms with Crippen molar-refractivity contribution in [2.75, 3.05) is 4.72 Å². The molecule has 31 heavy (non-hydrogen) atoms. The molecule has 0 amide bonds. The summed E-state index contributed by atoms with van der Waals surface area (Å²) in [6, 6.07) is 6.76. The number of hydrogen-bond acceptors (Lipinski definition) is 7. The van der Waals surface area contributed by atoms with Crippen molar-refractivity contribution in [2.24, 2.45) is 0 Å². The maximum absolute atomic E-state index is 12.8. The molecular weight excluding hydrogens is 438 g/mol. The maximum atomic E-state index is 12.8. The number of aryl methyl sites for hydroxylation is 4. The quantitative estimate of drug-likeness (QED) is 0.553. The van der Waals surface area contributed by atoms with Crippen molar-refractivity contribution in [3.05, 3.63) is 63.4 Å². The Balaban J connectivity index is 1.61. The molecule has 0 unspecified atom stereocenters. The van der Waals surface area contributed by atoms with Crippen LogP contribution in [0.2, 0.25) is 0 Å². The lowest BCUT2D eigenvalue weighted by molar-refractivity contribution is 0.0695. The van der Waals surface area contributed by atoms with Crippen LogP contribution in [0, 0.1) is 13.8 Å². The average Bonchev–Trinajstić information content (AvgIpc) is 3.34. The van der Waals surface area contributed by atoms with Crippen LogP contribution in [0.1, 0.15) is 45.0 Å². The SMILES string of the molecule is Cc1csc(S(=O)(=O)Nc2cc3c(cc2OCc2ccc(C(=O)O)c(C)n2)CCC3)n1. The van der Waals surface area contributed by atoms with Gasteiger partial charge in [0.1, 0.15) is 12.4 Å². The number of pyridine rings is 1. The minimum absolute atomic E-state index is 0.00185. The van der Waals surface area contributed by atoms with Crippen LogP contribution in [0.25, 0.3) is 0 Å². The Kier molecular flexibility index (Phi) is 5.67. The van der Waals surface area contributed by atoms with Crippen LogP contribution in [-0.4, -0.2) is 29.5 Å². The molecule has 0 spiro atoms. The Morgan fingerprint density at radius 3 is 2.58 bits per heavy atom. The zero-order chi connectivity index (χ0) is 22.2. The first-order valence-electron chi connectivity index (χ1n) is 9.66. The number of nitrogens with zero attached hydrogens (tertiary/aromatic N) is 2. The van der Waals surface area contributed by atoms with Crippen LogP contribution in [0.4, 0.5) is 5.69 Å². The van der Waals surface area contributed by atoms with E-state index in [1.54, 1.807) is 25.3 Å². The zero-order valence-electron chi connectivity index (χ0n) is 17.0. The van der Waals surface area contributed by atoms with Gasteiger partial charge in [-0.3, -0.25) is 9.71 Å². The average molecular weight is 460 g/mol. The lowest BCUT2D eigenvalue weighted by Crippen LogP contribution is -2.14. The number of rotatable bonds is 7. The summed E-state index contributed by atoms with van der Waals surface area (Å²) in [6.07, 6.45) is 2.81. The third-order valence-electron chi connectivity index (χ3n) is 5.02. The maximum Gasteiger partial charge on any atom is 0.337 e. The second-order valence-corrected chi connectivity index (χ2v) is 10.1. The van der Waals surface area contributed by atoms with Crippen molar-refractivity contribution in [2.45, 2.75) is 44.1 Å². The summed E-state index contributed by atoms with van der Waals surface area (Å²) in [5, 5.41) is 10.8. The van der Waals surface area contributed by atoms with E-state index < -0.39 is 16.0 Å². The number of anilines is 1. The van der Waals surface area contributed by atoms with E-state index in [0.717, 1.165) is 41.7 Å². The number of thiazole rings is 1. The van der Waals surface area contributed by atoms with E-state index in [1.807, 2.05) is 12.1 Å². The molecule has 2 aromatic heterocycles. The van der Waals surface area contributed by atoms with Crippen molar-refractivity contribution in [1.82, 2.24) is 9.97 Å². The molecular formula is C21H21N3O5S2. The Bertz CT molecular complexity index is 1270. The number of hydrogen-bond donors (Lipinski definition) is 2. The number of fused-ring (bicyclic) bond motifs is 1. The molecule has 0 fully saturated rings.